The van der Waals surface area contributed by atoms with E-state index in [0.717, 1.165) is 9.86 Å². The molecule has 0 fully saturated rings. The Morgan fingerprint density at radius 3 is 2.85 bits per heavy atom. The Hall–Kier alpha value is -2.93. The van der Waals surface area contributed by atoms with Gasteiger partial charge in [0.1, 0.15) is 17.2 Å². The molecule has 0 bridgehead atoms. The SMILES string of the molecule is Cc1nccn1-c1ccc(CNC(=O)c2cc3cccc(Br)c3o2)cc1F. The van der Waals surface area contributed by atoms with Crippen LogP contribution in [0.25, 0.3) is 16.7 Å². The molecule has 27 heavy (non-hydrogen) atoms. The molecule has 1 amide bonds. The molecule has 0 saturated heterocycles. The Balaban J connectivity index is 1.49. The molecule has 0 aliphatic rings. The smallest absolute Gasteiger partial charge is 0.287 e. The van der Waals surface area contributed by atoms with E-state index in [-0.39, 0.29) is 24.0 Å². The third kappa shape index (κ3) is 3.38. The number of imidazole rings is 1. The molecule has 0 spiro atoms. The Labute approximate surface area is 162 Å². The first-order valence-corrected chi connectivity index (χ1v) is 9.07. The van der Waals surface area contributed by atoms with Gasteiger partial charge in [-0.05, 0) is 52.7 Å². The van der Waals surface area contributed by atoms with Crippen molar-refractivity contribution in [1.29, 1.82) is 0 Å². The number of nitrogens with zero attached hydrogens (tertiary/aromatic N) is 2. The summed E-state index contributed by atoms with van der Waals surface area (Å²) in [6.45, 7) is 2.00. The van der Waals surface area contributed by atoms with Crippen molar-refractivity contribution >= 4 is 32.8 Å². The predicted octanol–water partition coefficient (Wildman–Crippen LogP) is 4.76. The maximum Gasteiger partial charge on any atom is 0.287 e. The average Bonchev–Trinajstić information content (AvgIpc) is 3.27. The molecule has 0 aliphatic carbocycles. The van der Waals surface area contributed by atoms with Crippen molar-refractivity contribution < 1.29 is 13.6 Å². The lowest BCUT2D eigenvalue weighted by atomic mass is 10.2. The van der Waals surface area contributed by atoms with E-state index in [1.807, 2.05) is 18.2 Å². The number of para-hydroxylation sites is 1. The number of hydrogen-bond donors (Lipinski definition) is 1. The van der Waals surface area contributed by atoms with Gasteiger partial charge >= 0.3 is 0 Å². The van der Waals surface area contributed by atoms with E-state index in [0.29, 0.717) is 22.7 Å². The van der Waals surface area contributed by atoms with Gasteiger partial charge in [0, 0.05) is 24.3 Å². The van der Waals surface area contributed by atoms with Gasteiger partial charge in [-0.2, -0.15) is 0 Å². The van der Waals surface area contributed by atoms with Gasteiger partial charge in [-0.25, -0.2) is 9.37 Å². The molecule has 2 aromatic carbocycles. The van der Waals surface area contributed by atoms with Crippen molar-refractivity contribution in [2.45, 2.75) is 13.5 Å². The lowest BCUT2D eigenvalue weighted by Crippen LogP contribution is -2.22. The molecule has 0 aliphatic heterocycles. The van der Waals surface area contributed by atoms with E-state index < -0.39 is 0 Å². The van der Waals surface area contributed by atoms with Crippen LogP contribution in [0.15, 0.2) is 63.7 Å². The standard InChI is InChI=1S/C20H15BrFN3O2/c1-12-23-7-8-25(12)17-6-5-13(9-16(17)22)11-24-20(26)18-10-14-3-2-4-15(21)19(14)27-18/h2-10H,11H2,1H3,(H,24,26). The maximum absolute atomic E-state index is 14.4. The van der Waals surface area contributed by atoms with Crippen LogP contribution in [0.1, 0.15) is 21.9 Å². The summed E-state index contributed by atoms with van der Waals surface area (Å²) < 4.78 is 22.5. The summed E-state index contributed by atoms with van der Waals surface area (Å²) in [7, 11) is 0. The molecule has 2 heterocycles. The molecule has 2 aromatic heterocycles. The molecule has 0 radical (unpaired) electrons. The number of rotatable bonds is 4. The topological polar surface area (TPSA) is 60.1 Å². The summed E-state index contributed by atoms with van der Waals surface area (Å²) in [6, 6.07) is 12.1. The highest BCUT2D eigenvalue weighted by atomic mass is 79.9. The highest BCUT2D eigenvalue weighted by molar-refractivity contribution is 9.10. The molecule has 0 unspecified atom stereocenters. The minimum absolute atomic E-state index is 0.192. The number of hydrogen-bond acceptors (Lipinski definition) is 3. The summed E-state index contributed by atoms with van der Waals surface area (Å²) >= 11 is 3.40. The predicted molar refractivity (Wildman–Crippen MR) is 103 cm³/mol. The minimum atomic E-state index is -0.379. The number of halogens is 2. The molecule has 0 atom stereocenters. The van der Waals surface area contributed by atoms with Crippen molar-refractivity contribution in [3.05, 3.63) is 82.3 Å². The number of fused-ring (bicyclic) bond motifs is 1. The van der Waals surface area contributed by atoms with E-state index in [1.54, 1.807) is 42.1 Å². The van der Waals surface area contributed by atoms with Crippen LogP contribution < -0.4 is 5.32 Å². The fourth-order valence-corrected chi connectivity index (χ4v) is 3.36. The summed E-state index contributed by atoms with van der Waals surface area (Å²) in [4.78, 5) is 16.5. The number of aromatic nitrogens is 2. The lowest BCUT2D eigenvalue weighted by molar-refractivity contribution is 0.0925. The molecule has 0 saturated carbocycles. The minimum Gasteiger partial charge on any atom is -0.450 e. The molecule has 5 nitrogen and oxygen atoms in total. The van der Waals surface area contributed by atoms with Gasteiger partial charge in [0.25, 0.3) is 5.91 Å². The third-order valence-electron chi connectivity index (χ3n) is 4.27. The molecular weight excluding hydrogens is 413 g/mol. The van der Waals surface area contributed by atoms with Crippen LogP contribution in [0.5, 0.6) is 0 Å². The highest BCUT2D eigenvalue weighted by Gasteiger charge is 2.14. The van der Waals surface area contributed by atoms with Crippen molar-refractivity contribution in [1.82, 2.24) is 14.9 Å². The number of furan rings is 1. The molecule has 4 aromatic rings. The van der Waals surface area contributed by atoms with Crippen LogP contribution in [-0.4, -0.2) is 15.5 Å². The maximum atomic E-state index is 14.4. The fraction of sp³-hybridized carbons (Fsp3) is 0.100. The Bertz CT molecular complexity index is 1150. The molecule has 136 valence electrons. The zero-order valence-electron chi connectivity index (χ0n) is 14.4. The van der Waals surface area contributed by atoms with Gasteiger partial charge in [0.15, 0.2) is 5.76 Å². The second-order valence-electron chi connectivity index (χ2n) is 6.08. The summed E-state index contributed by atoms with van der Waals surface area (Å²) in [5, 5.41) is 3.59. The summed E-state index contributed by atoms with van der Waals surface area (Å²) in [6.07, 6.45) is 3.32. The zero-order valence-corrected chi connectivity index (χ0v) is 16.0. The third-order valence-corrected chi connectivity index (χ3v) is 4.89. The van der Waals surface area contributed by atoms with Gasteiger partial charge < -0.3 is 14.3 Å². The van der Waals surface area contributed by atoms with Gasteiger partial charge in [0.2, 0.25) is 0 Å². The highest BCUT2D eigenvalue weighted by Crippen LogP contribution is 2.27. The number of amides is 1. The van der Waals surface area contributed by atoms with Crippen molar-refractivity contribution in [2.24, 2.45) is 0 Å². The molecule has 4 rings (SSSR count). The van der Waals surface area contributed by atoms with Crippen LogP contribution in [0.2, 0.25) is 0 Å². The molecular formula is C20H15BrFN3O2. The first kappa shape index (κ1) is 17.5. The Kier molecular flexibility index (Phi) is 4.53. The van der Waals surface area contributed by atoms with E-state index in [9.17, 15) is 9.18 Å². The normalized spacial score (nSPS) is 11.1. The van der Waals surface area contributed by atoms with Crippen LogP contribution in [0, 0.1) is 12.7 Å². The lowest BCUT2D eigenvalue weighted by Gasteiger charge is -2.09. The van der Waals surface area contributed by atoms with Crippen LogP contribution in [0.3, 0.4) is 0 Å². The van der Waals surface area contributed by atoms with E-state index >= 15 is 0 Å². The van der Waals surface area contributed by atoms with E-state index in [1.165, 1.54) is 6.07 Å². The van der Waals surface area contributed by atoms with Gasteiger partial charge in [-0.3, -0.25) is 4.79 Å². The monoisotopic (exact) mass is 427 g/mol. The van der Waals surface area contributed by atoms with Crippen LogP contribution in [-0.2, 0) is 6.54 Å². The first-order chi connectivity index (χ1) is 13.0. The van der Waals surface area contributed by atoms with Crippen LogP contribution >= 0.6 is 15.9 Å². The summed E-state index contributed by atoms with van der Waals surface area (Å²) in [5.41, 5.74) is 1.69. The Morgan fingerprint density at radius 2 is 2.15 bits per heavy atom. The molecule has 1 N–H and O–H groups in total. The van der Waals surface area contributed by atoms with Crippen molar-refractivity contribution in [3.63, 3.8) is 0 Å². The van der Waals surface area contributed by atoms with Crippen molar-refractivity contribution in [2.75, 3.05) is 0 Å². The van der Waals surface area contributed by atoms with Gasteiger partial charge in [-0.1, -0.05) is 18.2 Å². The van der Waals surface area contributed by atoms with Crippen LogP contribution in [0.4, 0.5) is 4.39 Å². The van der Waals surface area contributed by atoms with Crippen molar-refractivity contribution in [3.8, 4) is 5.69 Å². The Morgan fingerprint density at radius 1 is 1.30 bits per heavy atom. The number of carbonyl (C=O) groups excluding carboxylic acids is 1. The number of carbonyl (C=O) groups is 1. The van der Waals surface area contributed by atoms with E-state index in [4.69, 9.17) is 4.42 Å². The second-order valence-corrected chi connectivity index (χ2v) is 6.94. The second kappa shape index (κ2) is 7.00. The number of aryl methyl sites for hydroxylation is 1. The summed E-state index contributed by atoms with van der Waals surface area (Å²) in [5.74, 6) is 0.178. The first-order valence-electron chi connectivity index (χ1n) is 8.28. The number of benzene rings is 2. The quantitative estimate of drug-likeness (QED) is 0.510. The van der Waals surface area contributed by atoms with Gasteiger partial charge in [0.05, 0.1) is 10.2 Å². The van der Waals surface area contributed by atoms with Gasteiger partial charge in [-0.15, -0.1) is 0 Å². The zero-order chi connectivity index (χ0) is 19.0. The fourth-order valence-electron chi connectivity index (χ4n) is 2.90. The average molecular weight is 428 g/mol. The van der Waals surface area contributed by atoms with E-state index in [2.05, 4.69) is 26.2 Å². The molecule has 7 heteroatoms. The number of nitrogens with one attached hydrogen (secondary N) is 1. The largest absolute Gasteiger partial charge is 0.450 e.